The zero-order valence-corrected chi connectivity index (χ0v) is 14.3. The predicted molar refractivity (Wildman–Crippen MR) is 94.9 cm³/mol. The molecule has 1 fully saturated rings. The van der Waals surface area contributed by atoms with Crippen LogP contribution in [0.4, 0.5) is 5.13 Å². The fourth-order valence-electron chi connectivity index (χ4n) is 3.45. The highest BCUT2D eigenvalue weighted by atomic mass is 32.1. The molecule has 1 atom stereocenters. The van der Waals surface area contributed by atoms with Gasteiger partial charge in [0.05, 0.1) is 12.5 Å². The Labute approximate surface area is 145 Å². The van der Waals surface area contributed by atoms with Crippen LogP contribution in [0.5, 0.6) is 5.75 Å². The van der Waals surface area contributed by atoms with Crippen molar-refractivity contribution in [3.63, 3.8) is 0 Å². The first-order valence-corrected chi connectivity index (χ1v) is 9.32. The molecule has 6 heteroatoms. The zero-order chi connectivity index (χ0) is 16.4. The van der Waals surface area contributed by atoms with Gasteiger partial charge in [0.15, 0.2) is 5.13 Å². The number of nitrogens with zero attached hydrogens (tertiary/aromatic N) is 1. The maximum Gasteiger partial charge on any atom is 0.233 e. The van der Waals surface area contributed by atoms with Crippen LogP contribution < -0.4 is 15.4 Å². The van der Waals surface area contributed by atoms with Gasteiger partial charge in [-0.25, -0.2) is 4.98 Å². The van der Waals surface area contributed by atoms with Gasteiger partial charge in [-0.05, 0) is 44.3 Å². The molecule has 4 rings (SSSR count). The third-order valence-electron chi connectivity index (χ3n) is 4.77. The van der Waals surface area contributed by atoms with E-state index in [0.717, 1.165) is 37.2 Å². The van der Waals surface area contributed by atoms with Gasteiger partial charge in [0.2, 0.25) is 5.91 Å². The van der Waals surface area contributed by atoms with Crippen LogP contribution >= 0.6 is 11.3 Å². The number of aromatic nitrogens is 1. The Bertz CT molecular complexity index is 725. The topological polar surface area (TPSA) is 63.2 Å². The van der Waals surface area contributed by atoms with E-state index in [2.05, 4.69) is 15.6 Å². The van der Waals surface area contributed by atoms with E-state index in [1.807, 2.05) is 30.5 Å². The smallest absolute Gasteiger partial charge is 0.233 e. The minimum Gasteiger partial charge on any atom is -0.493 e. The number of carbonyl (C=O) groups is 1. The molecule has 5 nitrogen and oxygen atoms in total. The van der Waals surface area contributed by atoms with Gasteiger partial charge in [0, 0.05) is 16.6 Å². The molecule has 1 saturated heterocycles. The lowest BCUT2D eigenvalue weighted by Crippen LogP contribution is -2.26. The molecule has 0 bridgehead atoms. The number of rotatable bonds is 3. The Morgan fingerprint density at radius 2 is 2.08 bits per heavy atom. The van der Waals surface area contributed by atoms with Crippen LogP contribution in [0.3, 0.4) is 0 Å². The van der Waals surface area contributed by atoms with Crippen molar-refractivity contribution in [1.82, 2.24) is 10.3 Å². The van der Waals surface area contributed by atoms with Crippen LogP contribution in [0.15, 0.2) is 30.5 Å². The largest absolute Gasteiger partial charge is 0.493 e. The maximum atomic E-state index is 12.7. The first kappa shape index (κ1) is 15.6. The normalized spacial score (nSPS) is 20.9. The zero-order valence-electron chi connectivity index (χ0n) is 13.5. The summed E-state index contributed by atoms with van der Waals surface area (Å²) >= 11 is 1.61. The molecule has 2 aliphatic heterocycles. The van der Waals surface area contributed by atoms with E-state index in [1.54, 1.807) is 11.3 Å². The number of thiazole rings is 1. The highest BCUT2D eigenvalue weighted by Gasteiger charge is 2.28. The van der Waals surface area contributed by atoms with Crippen LogP contribution in [-0.4, -0.2) is 30.6 Å². The molecule has 3 heterocycles. The summed E-state index contributed by atoms with van der Waals surface area (Å²) in [6.07, 6.45) is 4.91. The minimum absolute atomic E-state index is 0.0111. The maximum absolute atomic E-state index is 12.7. The Morgan fingerprint density at radius 3 is 2.96 bits per heavy atom. The average molecular weight is 343 g/mol. The van der Waals surface area contributed by atoms with Crippen LogP contribution in [0.25, 0.3) is 0 Å². The second-order valence-electron chi connectivity index (χ2n) is 6.31. The second kappa shape index (κ2) is 6.91. The van der Waals surface area contributed by atoms with Crippen molar-refractivity contribution in [2.24, 2.45) is 0 Å². The second-order valence-corrected chi connectivity index (χ2v) is 7.37. The van der Waals surface area contributed by atoms with Crippen LogP contribution in [0, 0.1) is 0 Å². The van der Waals surface area contributed by atoms with Crippen molar-refractivity contribution in [2.75, 3.05) is 25.0 Å². The molecule has 2 N–H and O–H groups in total. The number of benzene rings is 1. The summed E-state index contributed by atoms with van der Waals surface area (Å²) < 4.78 is 5.64. The fourth-order valence-corrected chi connectivity index (χ4v) is 4.43. The molecule has 1 aromatic heterocycles. The Morgan fingerprint density at radius 1 is 1.25 bits per heavy atom. The lowest BCUT2D eigenvalue weighted by molar-refractivity contribution is -0.118. The number of carbonyl (C=O) groups excluding carboxylic acids is 1. The highest BCUT2D eigenvalue weighted by molar-refractivity contribution is 7.15. The molecule has 0 radical (unpaired) electrons. The monoisotopic (exact) mass is 343 g/mol. The molecule has 1 unspecified atom stereocenters. The van der Waals surface area contributed by atoms with E-state index in [9.17, 15) is 4.79 Å². The molecule has 24 heavy (non-hydrogen) atoms. The van der Waals surface area contributed by atoms with Crippen LogP contribution in [0.1, 0.15) is 41.5 Å². The summed E-state index contributed by atoms with van der Waals surface area (Å²) in [7, 11) is 0. The lowest BCUT2D eigenvalue weighted by Gasteiger charge is -2.24. The van der Waals surface area contributed by atoms with Crippen molar-refractivity contribution in [1.29, 1.82) is 0 Å². The van der Waals surface area contributed by atoms with Gasteiger partial charge in [-0.1, -0.05) is 18.2 Å². The number of fused-ring (bicyclic) bond motifs is 1. The van der Waals surface area contributed by atoms with E-state index >= 15 is 0 Å². The van der Waals surface area contributed by atoms with Crippen LogP contribution in [0.2, 0.25) is 0 Å². The van der Waals surface area contributed by atoms with E-state index in [4.69, 9.17) is 4.74 Å². The van der Waals surface area contributed by atoms with Gasteiger partial charge in [0.1, 0.15) is 5.75 Å². The summed E-state index contributed by atoms with van der Waals surface area (Å²) in [5.74, 6) is 1.23. The van der Waals surface area contributed by atoms with Crippen molar-refractivity contribution in [2.45, 2.75) is 31.1 Å². The Kier molecular flexibility index (Phi) is 4.49. The SMILES string of the molecule is O=C(Nc1ncc(C2CCNCC2)s1)C1CCOc2ccccc21. The standard InChI is InChI=1S/C18H21N3O2S/c22-17(14-7-10-23-15-4-2-1-3-13(14)15)21-18-20-11-16(24-18)12-5-8-19-9-6-12/h1-4,11-12,14,19H,5-10H2,(H,20,21,22). The number of hydrogen-bond acceptors (Lipinski definition) is 5. The molecule has 1 amide bonds. The number of nitrogens with one attached hydrogen (secondary N) is 2. The van der Waals surface area contributed by atoms with E-state index in [0.29, 0.717) is 24.1 Å². The third-order valence-corrected chi connectivity index (χ3v) is 5.85. The Hall–Kier alpha value is -1.92. The lowest BCUT2D eigenvalue weighted by atomic mass is 9.92. The molecule has 126 valence electrons. The number of anilines is 1. The molecular weight excluding hydrogens is 322 g/mol. The summed E-state index contributed by atoms with van der Waals surface area (Å²) in [4.78, 5) is 18.4. The molecule has 0 spiro atoms. The van der Waals surface area contributed by atoms with Crippen molar-refractivity contribution in [3.05, 3.63) is 40.9 Å². The summed E-state index contributed by atoms with van der Waals surface area (Å²) in [6.45, 7) is 2.69. The quantitative estimate of drug-likeness (QED) is 0.899. The molecule has 1 aromatic carbocycles. The van der Waals surface area contributed by atoms with Crippen molar-refractivity contribution in [3.8, 4) is 5.75 Å². The predicted octanol–water partition coefficient (Wildman–Crippen LogP) is 3.11. The van der Waals surface area contributed by atoms with Gasteiger partial charge in [-0.3, -0.25) is 4.79 Å². The first-order valence-electron chi connectivity index (χ1n) is 8.50. The number of ether oxygens (including phenoxy) is 1. The number of para-hydroxylation sites is 1. The first-order chi connectivity index (χ1) is 11.8. The van der Waals surface area contributed by atoms with Gasteiger partial charge < -0.3 is 15.4 Å². The van der Waals surface area contributed by atoms with Gasteiger partial charge >= 0.3 is 0 Å². The molecular formula is C18H21N3O2S. The summed E-state index contributed by atoms with van der Waals surface area (Å²) in [6, 6.07) is 7.78. The Balaban J connectivity index is 1.46. The molecule has 2 aliphatic rings. The third kappa shape index (κ3) is 3.16. The molecule has 2 aromatic rings. The summed E-state index contributed by atoms with van der Waals surface area (Å²) in [5, 5.41) is 7.09. The van der Waals surface area contributed by atoms with Crippen molar-refractivity contribution < 1.29 is 9.53 Å². The number of amides is 1. The average Bonchev–Trinajstić information content (AvgIpc) is 3.10. The number of piperidine rings is 1. The van der Waals surface area contributed by atoms with Gasteiger partial charge in [-0.15, -0.1) is 11.3 Å². The number of hydrogen-bond donors (Lipinski definition) is 2. The molecule has 0 aliphatic carbocycles. The van der Waals surface area contributed by atoms with Crippen molar-refractivity contribution >= 4 is 22.4 Å². The van der Waals surface area contributed by atoms with E-state index < -0.39 is 0 Å². The minimum atomic E-state index is -0.166. The van der Waals surface area contributed by atoms with E-state index in [-0.39, 0.29) is 11.8 Å². The fraction of sp³-hybridized carbons (Fsp3) is 0.444. The summed E-state index contributed by atoms with van der Waals surface area (Å²) in [5.41, 5.74) is 0.969. The van der Waals surface area contributed by atoms with E-state index in [1.165, 1.54) is 4.88 Å². The van der Waals surface area contributed by atoms with Gasteiger partial charge in [0.25, 0.3) is 0 Å². The van der Waals surface area contributed by atoms with Crippen LogP contribution in [-0.2, 0) is 4.79 Å². The highest BCUT2D eigenvalue weighted by Crippen LogP contribution is 2.35. The van der Waals surface area contributed by atoms with Gasteiger partial charge in [-0.2, -0.15) is 0 Å². The molecule has 0 saturated carbocycles.